The number of H-pyrrole nitrogens is 1. The van der Waals surface area contributed by atoms with E-state index in [4.69, 9.17) is 33.7 Å². The normalized spacial score (nSPS) is 10.7. The molecule has 3 rings (SSSR count). The first-order valence-electron chi connectivity index (χ1n) is 8.27. The maximum atomic E-state index is 14.9. The van der Waals surface area contributed by atoms with Crippen LogP contribution in [0.3, 0.4) is 0 Å². The van der Waals surface area contributed by atoms with Gasteiger partial charge in [-0.1, -0.05) is 29.3 Å². The zero-order valence-corrected chi connectivity index (χ0v) is 16.6. The third-order valence-corrected chi connectivity index (χ3v) is 4.43. The summed E-state index contributed by atoms with van der Waals surface area (Å²) in [5.74, 6) is -0.391. The molecule has 144 valence electrons. The van der Waals surface area contributed by atoms with Gasteiger partial charge in [-0.25, -0.2) is 9.37 Å². The Morgan fingerprint density at radius 3 is 2.75 bits per heavy atom. The minimum atomic E-state index is -0.691. The van der Waals surface area contributed by atoms with Crippen LogP contribution >= 0.6 is 23.2 Å². The molecule has 0 bridgehead atoms. The van der Waals surface area contributed by atoms with Crippen LogP contribution in [0.5, 0.6) is 11.5 Å². The van der Waals surface area contributed by atoms with Gasteiger partial charge in [0.25, 0.3) is 5.91 Å². The molecule has 0 aliphatic heterocycles. The van der Waals surface area contributed by atoms with E-state index in [0.717, 1.165) is 0 Å². The van der Waals surface area contributed by atoms with Gasteiger partial charge in [-0.05, 0) is 25.1 Å². The third-order valence-electron chi connectivity index (χ3n) is 3.91. The van der Waals surface area contributed by atoms with Gasteiger partial charge in [0, 0.05) is 34.5 Å². The van der Waals surface area contributed by atoms with E-state index in [0.29, 0.717) is 27.8 Å². The number of rotatable bonds is 5. The van der Waals surface area contributed by atoms with Crippen molar-refractivity contribution in [1.29, 1.82) is 0 Å². The van der Waals surface area contributed by atoms with Crippen molar-refractivity contribution in [2.75, 3.05) is 5.73 Å². The van der Waals surface area contributed by atoms with Gasteiger partial charge in [-0.2, -0.15) is 0 Å². The number of nitrogens with zero attached hydrogens (tertiary/aromatic N) is 1. The summed E-state index contributed by atoms with van der Waals surface area (Å²) in [7, 11) is 1.71. The highest BCUT2D eigenvalue weighted by atomic mass is 35.5. The second kappa shape index (κ2) is 8.12. The van der Waals surface area contributed by atoms with Gasteiger partial charge in [0.1, 0.15) is 17.3 Å². The number of carbonyl (C=O) groups is 1. The zero-order chi connectivity index (χ0) is 20.4. The van der Waals surface area contributed by atoms with Crippen molar-refractivity contribution in [3.63, 3.8) is 0 Å². The molecule has 4 N–H and O–H groups in total. The average Bonchev–Trinajstić information content (AvgIpc) is 2.95. The average molecular weight is 421 g/mol. The van der Waals surface area contributed by atoms with Crippen LogP contribution in [0.25, 0.3) is 0 Å². The molecule has 0 radical (unpaired) electrons. The molecule has 0 atom stereocenters. The Labute approximate surface area is 171 Å². The minimum Gasteiger partial charge on any atom is -0.453 e. The van der Waals surface area contributed by atoms with Crippen molar-refractivity contribution < 1.29 is 13.9 Å². The molecule has 6 nitrogen and oxygen atoms in total. The number of hydrogen-bond donors (Lipinski definition) is 3. The lowest BCUT2D eigenvalue weighted by Crippen LogP contribution is -2.28. The van der Waals surface area contributed by atoms with E-state index in [1.165, 1.54) is 30.3 Å². The molecule has 0 saturated carbocycles. The van der Waals surface area contributed by atoms with Crippen LogP contribution in [0.4, 0.5) is 10.1 Å². The fraction of sp³-hybridized carbons (Fsp3) is 0.111. The SMILES string of the molecule is Bc1nc(C)[nH]c1C(=O)NCc1ccc(Cl)c(Oc2cc(N)cc(Cl)c2)c1F. The second-order valence-electron chi connectivity index (χ2n) is 6.14. The highest BCUT2D eigenvalue weighted by Gasteiger charge is 2.18. The highest BCUT2D eigenvalue weighted by Crippen LogP contribution is 2.35. The number of hydrogen-bond acceptors (Lipinski definition) is 4. The summed E-state index contributed by atoms with van der Waals surface area (Å²) in [6.07, 6.45) is 0. The fourth-order valence-corrected chi connectivity index (χ4v) is 3.07. The lowest BCUT2D eigenvalue weighted by molar-refractivity contribution is 0.0947. The largest absolute Gasteiger partial charge is 0.453 e. The Bertz CT molecular complexity index is 1040. The number of benzene rings is 2. The molecule has 28 heavy (non-hydrogen) atoms. The van der Waals surface area contributed by atoms with E-state index in [9.17, 15) is 9.18 Å². The number of amides is 1. The molecule has 0 saturated heterocycles. The van der Waals surface area contributed by atoms with Gasteiger partial charge >= 0.3 is 0 Å². The van der Waals surface area contributed by atoms with Gasteiger partial charge in [0.05, 0.1) is 5.02 Å². The Morgan fingerprint density at radius 2 is 2.11 bits per heavy atom. The molecule has 1 aromatic heterocycles. The number of aryl methyl sites for hydroxylation is 1. The van der Waals surface area contributed by atoms with Crippen molar-refractivity contribution in [2.45, 2.75) is 13.5 Å². The smallest absolute Gasteiger partial charge is 0.268 e. The maximum absolute atomic E-state index is 14.9. The molecule has 1 amide bonds. The van der Waals surface area contributed by atoms with Gasteiger partial charge < -0.3 is 20.8 Å². The minimum absolute atomic E-state index is 0.0621. The fourth-order valence-electron chi connectivity index (χ4n) is 2.66. The molecule has 10 heteroatoms. The van der Waals surface area contributed by atoms with Crippen LogP contribution in [-0.2, 0) is 6.54 Å². The van der Waals surface area contributed by atoms with E-state index in [2.05, 4.69) is 15.3 Å². The van der Waals surface area contributed by atoms with Gasteiger partial charge in [-0.15, -0.1) is 0 Å². The van der Waals surface area contributed by atoms with E-state index in [-0.39, 0.29) is 28.6 Å². The molecule has 0 unspecified atom stereocenters. The number of imidazole rings is 1. The number of nitrogens with one attached hydrogen (secondary N) is 2. The summed E-state index contributed by atoms with van der Waals surface area (Å²) in [6, 6.07) is 7.49. The van der Waals surface area contributed by atoms with Crippen molar-refractivity contribution >= 4 is 48.2 Å². The molecule has 0 fully saturated rings. The number of aromatic amines is 1. The third kappa shape index (κ3) is 4.40. The summed E-state index contributed by atoms with van der Waals surface area (Å²) in [4.78, 5) is 19.3. The van der Waals surface area contributed by atoms with Crippen molar-refractivity contribution in [1.82, 2.24) is 15.3 Å². The Kier molecular flexibility index (Phi) is 5.81. The Balaban J connectivity index is 1.80. The predicted octanol–water partition coefficient (Wildman–Crippen LogP) is 2.73. The first-order chi connectivity index (χ1) is 13.2. The number of nitrogen functional groups attached to an aromatic ring is 1. The van der Waals surface area contributed by atoms with Crippen LogP contribution in [0, 0.1) is 12.7 Å². The zero-order valence-electron chi connectivity index (χ0n) is 15.1. The Morgan fingerprint density at radius 1 is 1.36 bits per heavy atom. The summed E-state index contributed by atoms with van der Waals surface area (Å²) < 4.78 is 20.5. The van der Waals surface area contributed by atoms with Gasteiger partial charge in [-0.3, -0.25) is 4.79 Å². The van der Waals surface area contributed by atoms with Crippen LogP contribution < -0.4 is 21.4 Å². The molecule has 0 spiro atoms. The van der Waals surface area contributed by atoms with Crippen LogP contribution in [0.15, 0.2) is 30.3 Å². The summed E-state index contributed by atoms with van der Waals surface area (Å²) in [5.41, 5.74) is 7.19. The molecule has 3 aromatic rings. The number of ether oxygens (including phenoxy) is 1. The van der Waals surface area contributed by atoms with E-state index in [1.807, 2.05) is 0 Å². The first kappa shape index (κ1) is 20.0. The summed E-state index contributed by atoms with van der Waals surface area (Å²) in [5, 5.41) is 3.07. The lowest BCUT2D eigenvalue weighted by atomic mass is 10.0. The number of aromatic nitrogens is 2. The van der Waals surface area contributed by atoms with E-state index >= 15 is 0 Å². The van der Waals surface area contributed by atoms with E-state index < -0.39 is 11.7 Å². The van der Waals surface area contributed by atoms with Crippen molar-refractivity contribution in [3.05, 3.63) is 63.3 Å². The van der Waals surface area contributed by atoms with Gasteiger partial charge in [0.2, 0.25) is 0 Å². The lowest BCUT2D eigenvalue weighted by Gasteiger charge is -2.13. The predicted molar refractivity (Wildman–Crippen MR) is 110 cm³/mol. The molecule has 0 aliphatic carbocycles. The van der Waals surface area contributed by atoms with Crippen LogP contribution in [0.2, 0.25) is 10.0 Å². The monoisotopic (exact) mass is 420 g/mol. The number of halogens is 3. The van der Waals surface area contributed by atoms with Crippen molar-refractivity contribution in [2.24, 2.45) is 0 Å². The van der Waals surface area contributed by atoms with Gasteiger partial charge in [0.15, 0.2) is 19.4 Å². The topological polar surface area (TPSA) is 93.0 Å². The van der Waals surface area contributed by atoms with Crippen molar-refractivity contribution in [3.8, 4) is 11.5 Å². The molecular formula is C18H16BCl2FN4O2. The van der Waals surface area contributed by atoms with E-state index in [1.54, 1.807) is 14.8 Å². The summed E-state index contributed by atoms with van der Waals surface area (Å²) >= 11 is 12.0. The standard InChI is InChI=1S/C18H16BCl2FN4O2/c1-8-25-15(17(19)26-8)18(27)24-7-9-2-3-13(21)16(14(9)22)28-12-5-10(20)4-11(23)6-12/h2-6H,7,19,23H2,1H3,(H,24,27)(H,25,26). The maximum Gasteiger partial charge on any atom is 0.268 e. The summed E-state index contributed by atoms with van der Waals surface area (Å²) in [6.45, 7) is 1.68. The molecule has 0 aliphatic rings. The van der Waals surface area contributed by atoms with Crippen LogP contribution in [0.1, 0.15) is 21.9 Å². The van der Waals surface area contributed by atoms with Crippen LogP contribution in [-0.4, -0.2) is 23.7 Å². The number of nitrogens with two attached hydrogens (primary N) is 1. The second-order valence-corrected chi connectivity index (χ2v) is 6.98. The molecular weight excluding hydrogens is 405 g/mol. The number of carbonyl (C=O) groups excluding carboxylic acids is 1. The molecule has 2 aromatic carbocycles. The Hall–Kier alpha value is -2.71. The quantitative estimate of drug-likeness (QED) is 0.437. The molecule has 1 heterocycles. The highest BCUT2D eigenvalue weighted by molar-refractivity contribution is 6.34. The first-order valence-corrected chi connectivity index (χ1v) is 9.02. The number of anilines is 1.